The maximum Gasteiger partial charge on any atom is 0.224 e. The van der Waals surface area contributed by atoms with E-state index >= 15 is 0 Å². The second kappa shape index (κ2) is 7.98. The van der Waals surface area contributed by atoms with Gasteiger partial charge < -0.3 is 5.32 Å². The number of nitrogens with one attached hydrogen (secondary N) is 1. The topological polar surface area (TPSA) is 29.1 Å². The molecule has 0 unspecified atom stereocenters. The Hall–Kier alpha value is -1.45. The molecule has 20 heavy (non-hydrogen) atoms. The van der Waals surface area contributed by atoms with Crippen LogP contribution in [-0.4, -0.2) is 11.7 Å². The van der Waals surface area contributed by atoms with Gasteiger partial charge in [-0.05, 0) is 48.6 Å². The van der Waals surface area contributed by atoms with Crippen LogP contribution >= 0.6 is 23.4 Å². The fourth-order valence-electron chi connectivity index (χ4n) is 1.70. The van der Waals surface area contributed by atoms with Gasteiger partial charge in [-0.1, -0.05) is 29.8 Å². The molecule has 2 aromatic rings. The monoisotopic (exact) mass is 305 g/mol. The molecule has 2 nitrogen and oxygen atoms in total. The molecule has 1 amide bonds. The van der Waals surface area contributed by atoms with Crippen LogP contribution in [0.1, 0.15) is 12.8 Å². The van der Waals surface area contributed by atoms with Crippen molar-refractivity contribution in [3.63, 3.8) is 0 Å². The fraction of sp³-hybridized carbons (Fsp3) is 0.188. The molecule has 0 radical (unpaired) electrons. The lowest BCUT2D eigenvalue weighted by Gasteiger charge is -2.05. The second-order valence-corrected chi connectivity index (χ2v) is 5.92. The van der Waals surface area contributed by atoms with Crippen molar-refractivity contribution in [1.29, 1.82) is 0 Å². The van der Waals surface area contributed by atoms with Crippen LogP contribution < -0.4 is 5.32 Å². The van der Waals surface area contributed by atoms with Gasteiger partial charge in [-0.25, -0.2) is 0 Å². The largest absolute Gasteiger partial charge is 0.326 e. The second-order valence-electron chi connectivity index (χ2n) is 4.32. The van der Waals surface area contributed by atoms with Gasteiger partial charge in [0.1, 0.15) is 0 Å². The lowest BCUT2D eigenvalue weighted by atomic mass is 10.3. The van der Waals surface area contributed by atoms with E-state index in [1.54, 1.807) is 36.0 Å². The average molecular weight is 306 g/mol. The molecule has 2 rings (SSSR count). The third kappa shape index (κ3) is 5.27. The standard InChI is InChI=1S/C16H16ClNOS/c17-13-8-10-14(11-9-13)18-16(19)7-4-12-20-15-5-2-1-3-6-15/h1-3,5-6,8-11H,4,7,12H2,(H,18,19). The molecule has 0 aliphatic rings. The van der Waals surface area contributed by atoms with Crippen LogP contribution in [-0.2, 0) is 4.79 Å². The number of anilines is 1. The molecule has 0 aliphatic carbocycles. The summed E-state index contributed by atoms with van der Waals surface area (Å²) in [5.74, 6) is 0.985. The zero-order chi connectivity index (χ0) is 14.2. The van der Waals surface area contributed by atoms with Crippen LogP contribution in [0.25, 0.3) is 0 Å². The fourth-order valence-corrected chi connectivity index (χ4v) is 2.70. The van der Waals surface area contributed by atoms with Gasteiger partial charge in [0.05, 0.1) is 0 Å². The van der Waals surface area contributed by atoms with Gasteiger partial charge in [-0.15, -0.1) is 11.8 Å². The number of rotatable bonds is 6. The van der Waals surface area contributed by atoms with E-state index < -0.39 is 0 Å². The van der Waals surface area contributed by atoms with Crippen LogP contribution in [0, 0.1) is 0 Å². The zero-order valence-corrected chi connectivity index (χ0v) is 12.6. The molecule has 104 valence electrons. The van der Waals surface area contributed by atoms with Crippen molar-refractivity contribution in [2.45, 2.75) is 17.7 Å². The van der Waals surface area contributed by atoms with Crippen molar-refractivity contribution >= 4 is 35.0 Å². The number of carbonyl (C=O) groups is 1. The van der Waals surface area contributed by atoms with Gasteiger partial charge >= 0.3 is 0 Å². The number of hydrogen-bond acceptors (Lipinski definition) is 2. The molecule has 0 atom stereocenters. The molecule has 1 N–H and O–H groups in total. The van der Waals surface area contributed by atoms with E-state index in [-0.39, 0.29) is 5.91 Å². The van der Waals surface area contributed by atoms with Gasteiger partial charge in [0.25, 0.3) is 0 Å². The molecule has 0 spiro atoms. The van der Waals surface area contributed by atoms with E-state index in [2.05, 4.69) is 17.4 Å². The minimum absolute atomic E-state index is 0.0426. The maximum atomic E-state index is 11.8. The highest BCUT2D eigenvalue weighted by Gasteiger charge is 2.02. The van der Waals surface area contributed by atoms with E-state index in [0.717, 1.165) is 17.9 Å². The highest BCUT2D eigenvalue weighted by molar-refractivity contribution is 7.99. The highest BCUT2D eigenvalue weighted by Crippen LogP contribution is 2.19. The first kappa shape index (κ1) is 14.9. The number of hydrogen-bond donors (Lipinski definition) is 1. The van der Waals surface area contributed by atoms with E-state index in [0.29, 0.717) is 11.4 Å². The van der Waals surface area contributed by atoms with Crippen LogP contribution in [0.5, 0.6) is 0 Å². The predicted octanol–water partition coefficient (Wildman–Crippen LogP) is 4.85. The summed E-state index contributed by atoms with van der Waals surface area (Å²) in [6.07, 6.45) is 1.39. The summed E-state index contributed by atoms with van der Waals surface area (Å²) >= 11 is 7.57. The average Bonchev–Trinajstić information content (AvgIpc) is 2.47. The van der Waals surface area contributed by atoms with Gasteiger partial charge in [-0.2, -0.15) is 0 Å². The predicted molar refractivity (Wildman–Crippen MR) is 86.5 cm³/mol. The van der Waals surface area contributed by atoms with Gasteiger partial charge in [0.2, 0.25) is 5.91 Å². The molecule has 0 bridgehead atoms. The van der Waals surface area contributed by atoms with Crippen LogP contribution in [0.15, 0.2) is 59.5 Å². The lowest BCUT2D eigenvalue weighted by Crippen LogP contribution is -2.11. The summed E-state index contributed by atoms with van der Waals surface area (Å²) in [7, 11) is 0. The summed E-state index contributed by atoms with van der Waals surface area (Å²) < 4.78 is 0. The minimum Gasteiger partial charge on any atom is -0.326 e. The Morgan fingerprint density at radius 3 is 2.45 bits per heavy atom. The van der Waals surface area contributed by atoms with Gasteiger partial charge in [0, 0.05) is 22.0 Å². The number of benzene rings is 2. The number of carbonyl (C=O) groups excluding carboxylic acids is 1. The molecule has 0 saturated heterocycles. The molecular formula is C16H16ClNOS. The van der Waals surface area contributed by atoms with E-state index in [1.807, 2.05) is 18.2 Å². The van der Waals surface area contributed by atoms with Crippen LogP contribution in [0.4, 0.5) is 5.69 Å². The minimum atomic E-state index is 0.0426. The Balaban J connectivity index is 1.66. The van der Waals surface area contributed by atoms with E-state index in [1.165, 1.54) is 4.90 Å². The van der Waals surface area contributed by atoms with Gasteiger partial charge in [-0.3, -0.25) is 4.79 Å². The van der Waals surface area contributed by atoms with Crippen molar-refractivity contribution in [2.75, 3.05) is 11.1 Å². The molecular weight excluding hydrogens is 290 g/mol. The normalized spacial score (nSPS) is 10.2. The maximum absolute atomic E-state index is 11.8. The van der Waals surface area contributed by atoms with Crippen LogP contribution in [0.3, 0.4) is 0 Å². The number of amides is 1. The molecule has 0 aliphatic heterocycles. The van der Waals surface area contributed by atoms with Crippen molar-refractivity contribution in [3.8, 4) is 0 Å². The molecule has 4 heteroatoms. The summed E-state index contributed by atoms with van der Waals surface area (Å²) in [5, 5.41) is 3.53. The Morgan fingerprint density at radius 1 is 1.05 bits per heavy atom. The molecule has 2 aromatic carbocycles. The van der Waals surface area contributed by atoms with E-state index in [4.69, 9.17) is 11.6 Å². The number of thioether (sulfide) groups is 1. The first-order valence-corrected chi connectivity index (χ1v) is 7.84. The Morgan fingerprint density at radius 2 is 1.75 bits per heavy atom. The Bertz CT molecular complexity index is 542. The lowest BCUT2D eigenvalue weighted by molar-refractivity contribution is -0.116. The SMILES string of the molecule is O=C(CCCSc1ccccc1)Nc1ccc(Cl)cc1. The molecule has 0 fully saturated rings. The third-order valence-corrected chi connectivity index (χ3v) is 4.04. The quantitative estimate of drug-likeness (QED) is 0.610. The zero-order valence-electron chi connectivity index (χ0n) is 11.0. The van der Waals surface area contributed by atoms with Crippen LogP contribution in [0.2, 0.25) is 5.02 Å². The Labute approximate surface area is 128 Å². The summed E-state index contributed by atoms with van der Waals surface area (Å²) in [4.78, 5) is 13.0. The van der Waals surface area contributed by atoms with Crippen molar-refractivity contribution in [2.24, 2.45) is 0 Å². The first-order chi connectivity index (χ1) is 9.74. The molecule has 0 saturated carbocycles. The smallest absolute Gasteiger partial charge is 0.224 e. The van der Waals surface area contributed by atoms with Crippen molar-refractivity contribution in [3.05, 3.63) is 59.6 Å². The first-order valence-electron chi connectivity index (χ1n) is 6.47. The van der Waals surface area contributed by atoms with Gasteiger partial charge in [0.15, 0.2) is 0 Å². The Kier molecular flexibility index (Phi) is 5.96. The molecule has 0 heterocycles. The highest BCUT2D eigenvalue weighted by atomic mass is 35.5. The summed E-state index contributed by atoms with van der Waals surface area (Å²) in [6, 6.07) is 17.4. The third-order valence-electron chi connectivity index (χ3n) is 2.69. The summed E-state index contributed by atoms with van der Waals surface area (Å²) in [6.45, 7) is 0. The van der Waals surface area contributed by atoms with Crippen molar-refractivity contribution in [1.82, 2.24) is 0 Å². The summed E-state index contributed by atoms with van der Waals surface area (Å²) in [5.41, 5.74) is 0.787. The molecule has 0 aromatic heterocycles. The number of halogens is 1. The van der Waals surface area contributed by atoms with E-state index in [9.17, 15) is 4.79 Å². The van der Waals surface area contributed by atoms with Crippen molar-refractivity contribution < 1.29 is 4.79 Å².